The average Bonchev–Trinajstić information content (AvgIpc) is 3.33. The van der Waals surface area contributed by atoms with Gasteiger partial charge in [0.1, 0.15) is 5.58 Å². The molecule has 0 saturated carbocycles. The molecular weight excluding hydrogens is 374 g/mol. The Balaban J connectivity index is 1.70. The summed E-state index contributed by atoms with van der Waals surface area (Å²) in [5, 5.41) is 6.17. The highest BCUT2D eigenvalue weighted by Crippen LogP contribution is 2.31. The van der Waals surface area contributed by atoms with Crippen LogP contribution in [0.3, 0.4) is 0 Å². The van der Waals surface area contributed by atoms with E-state index in [0.717, 1.165) is 45.6 Å². The van der Waals surface area contributed by atoms with Crippen molar-refractivity contribution in [2.45, 2.75) is 11.3 Å². The maximum absolute atomic E-state index is 13.4. The maximum Gasteiger partial charge on any atom is 0.283 e. The fourth-order valence-corrected chi connectivity index (χ4v) is 4.97. The van der Waals surface area contributed by atoms with Crippen LogP contribution in [0.5, 0.6) is 0 Å². The third kappa shape index (κ3) is 2.66. The van der Waals surface area contributed by atoms with Crippen LogP contribution in [-0.4, -0.2) is 42.6 Å². The summed E-state index contributed by atoms with van der Waals surface area (Å²) in [4.78, 5) is 2.41. The second-order valence-corrected chi connectivity index (χ2v) is 8.84. The maximum atomic E-state index is 13.4. The van der Waals surface area contributed by atoms with Crippen molar-refractivity contribution in [2.24, 2.45) is 0 Å². The highest BCUT2D eigenvalue weighted by molar-refractivity contribution is 7.90. The Hall–Kier alpha value is -2.90. The molecule has 0 N–H and O–H groups in total. The van der Waals surface area contributed by atoms with Crippen LogP contribution in [0.1, 0.15) is 12.1 Å². The summed E-state index contributed by atoms with van der Waals surface area (Å²) in [6.45, 7) is 1.76. The molecule has 0 spiro atoms. The predicted molar refractivity (Wildman–Crippen MR) is 109 cm³/mol. The SMILES string of the molecule is CN1CC=C(c2nn(S(=O)(=O)c3ccc4occc4c3)c3ccccc23)CC1. The second-order valence-electron chi connectivity index (χ2n) is 7.08. The minimum atomic E-state index is -3.84. The number of likely N-dealkylation sites (N-methyl/N-ethyl adjacent to an activating group) is 1. The molecule has 0 bridgehead atoms. The Morgan fingerprint density at radius 2 is 1.96 bits per heavy atom. The van der Waals surface area contributed by atoms with Gasteiger partial charge in [0.2, 0.25) is 0 Å². The van der Waals surface area contributed by atoms with Gasteiger partial charge in [-0.15, -0.1) is 0 Å². The standard InChI is InChI=1S/C21H19N3O3S/c1-23-11-8-15(9-12-23)21-18-4-2-3-5-19(18)24(22-21)28(25,26)17-6-7-20-16(14-17)10-13-27-20/h2-8,10,13-14H,9,11-12H2,1H3. The van der Waals surface area contributed by atoms with Crippen molar-refractivity contribution in [2.75, 3.05) is 20.1 Å². The smallest absolute Gasteiger partial charge is 0.283 e. The number of aromatic nitrogens is 2. The summed E-state index contributed by atoms with van der Waals surface area (Å²) in [6, 6.07) is 14.1. The molecule has 5 rings (SSSR count). The monoisotopic (exact) mass is 393 g/mol. The summed E-state index contributed by atoms with van der Waals surface area (Å²) < 4.78 is 33.3. The Morgan fingerprint density at radius 3 is 2.79 bits per heavy atom. The van der Waals surface area contributed by atoms with Gasteiger partial charge in [-0.05, 0) is 49.4 Å². The summed E-state index contributed by atoms with van der Waals surface area (Å²) in [5.74, 6) is 0. The van der Waals surface area contributed by atoms with E-state index in [2.05, 4.69) is 23.1 Å². The average molecular weight is 393 g/mol. The largest absolute Gasteiger partial charge is 0.464 e. The third-order valence-electron chi connectivity index (χ3n) is 5.22. The van der Waals surface area contributed by atoms with E-state index in [9.17, 15) is 8.42 Å². The van der Waals surface area contributed by atoms with Gasteiger partial charge in [0, 0.05) is 23.9 Å². The number of hydrogen-bond donors (Lipinski definition) is 0. The molecule has 0 unspecified atom stereocenters. The molecule has 0 saturated heterocycles. The molecule has 0 fully saturated rings. The first-order valence-electron chi connectivity index (χ1n) is 9.12. The second kappa shape index (κ2) is 6.32. The minimum Gasteiger partial charge on any atom is -0.464 e. The van der Waals surface area contributed by atoms with Crippen molar-refractivity contribution in [1.29, 1.82) is 0 Å². The third-order valence-corrected chi connectivity index (χ3v) is 6.81. The molecule has 6 nitrogen and oxygen atoms in total. The van der Waals surface area contributed by atoms with Crippen LogP contribution in [0.4, 0.5) is 0 Å². The van der Waals surface area contributed by atoms with Gasteiger partial charge in [-0.25, -0.2) is 0 Å². The molecule has 3 heterocycles. The molecule has 142 valence electrons. The minimum absolute atomic E-state index is 0.193. The van der Waals surface area contributed by atoms with Crippen molar-refractivity contribution in [3.8, 4) is 0 Å². The predicted octanol–water partition coefficient (Wildman–Crippen LogP) is 3.74. The van der Waals surface area contributed by atoms with Crippen molar-refractivity contribution >= 4 is 37.5 Å². The molecule has 4 aromatic rings. The highest BCUT2D eigenvalue weighted by Gasteiger charge is 2.25. The molecule has 7 heteroatoms. The van der Waals surface area contributed by atoms with Crippen LogP contribution in [-0.2, 0) is 10.0 Å². The fourth-order valence-electron chi connectivity index (χ4n) is 3.65. The van der Waals surface area contributed by atoms with Crippen molar-refractivity contribution in [3.05, 3.63) is 66.6 Å². The lowest BCUT2D eigenvalue weighted by Gasteiger charge is -2.21. The van der Waals surface area contributed by atoms with Gasteiger partial charge in [-0.3, -0.25) is 0 Å². The molecule has 1 aliphatic heterocycles. The number of fused-ring (bicyclic) bond motifs is 2. The van der Waals surface area contributed by atoms with Crippen molar-refractivity contribution in [1.82, 2.24) is 14.1 Å². The van der Waals surface area contributed by atoms with Crippen LogP contribution in [0, 0.1) is 0 Å². The van der Waals surface area contributed by atoms with Gasteiger partial charge >= 0.3 is 0 Å². The van der Waals surface area contributed by atoms with Gasteiger partial charge < -0.3 is 9.32 Å². The molecule has 2 aromatic carbocycles. The summed E-state index contributed by atoms with van der Waals surface area (Å²) in [7, 11) is -1.77. The van der Waals surface area contributed by atoms with Gasteiger partial charge in [-0.1, -0.05) is 24.3 Å². The molecule has 0 atom stereocenters. The number of furan rings is 1. The molecule has 0 amide bonds. The lowest BCUT2D eigenvalue weighted by molar-refractivity contribution is 0.370. The van der Waals surface area contributed by atoms with Gasteiger partial charge in [0.15, 0.2) is 0 Å². The van der Waals surface area contributed by atoms with Crippen LogP contribution in [0.2, 0.25) is 0 Å². The first-order chi connectivity index (χ1) is 13.5. The summed E-state index contributed by atoms with van der Waals surface area (Å²) in [6.07, 6.45) is 4.53. The lowest BCUT2D eigenvalue weighted by atomic mass is 10.0. The van der Waals surface area contributed by atoms with E-state index in [1.165, 1.54) is 0 Å². The molecule has 2 aromatic heterocycles. The highest BCUT2D eigenvalue weighted by atomic mass is 32.2. The number of rotatable bonds is 3. The Morgan fingerprint density at radius 1 is 1.11 bits per heavy atom. The number of benzene rings is 2. The van der Waals surface area contributed by atoms with E-state index in [4.69, 9.17) is 4.42 Å². The van der Waals surface area contributed by atoms with E-state index >= 15 is 0 Å². The van der Waals surface area contributed by atoms with Crippen LogP contribution < -0.4 is 0 Å². The van der Waals surface area contributed by atoms with E-state index < -0.39 is 10.0 Å². The first kappa shape index (κ1) is 17.2. The number of hydrogen-bond acceptors (Lipinski definition) is 5. The zero-order valence-electron chi connectivity index (χ0n) is 15.4. The van der Waals surface area contributed by atoms with Gasteiger partial charge in [0.05, 0.1) is 22.4 Å². The van der Waals surface area contributed by atoms with Crippen molar-refractivity contribution in [3.63, 3.8) is 0 Å². The first-order valence-corrected chi connectivity index (χ1v) is 10.6. The molecule has 1 aliphatic rings. The Labute approximate surface area is 162 Å². The normalized spacial score (nSPS) is 16.0. The molecule has 28 heavy (non-hydrogen) atoms. The fraction of sp³-hybridized carbons (Fsp3) is 0.190. The van der Waals surface area contributed by atoms with E-state index in [1.54, 1.807) is 36.6 Å². The van der Waals surface area contributed by atoms with E-state index in [-0.39, 0.29) is 4.90 Å². The summed E-state index contributed by atoms with van der Waals surface area (Å²) >= 11 is 0. The Bertz CT molecular complexity index is 1330. The van der Waals surface area contributed by atoms with Crippen LogP contribution in [0.15, 0.2) is 70.2 Å². The zero-order chi connectivity index (χ0) is 19.3. The zero-order valence-corrected chi connectivity index (χ0v) is 16.2. The van der Waals surface area contributed by atoms with E-state index in [0.29, 0.717) is 11.1 Å². The molecular formula is C21H19N3O3S. The van der Waals surface area contributed by atoms with E-state index in [1.807, 2.05) is 18.2 Å². The Kier molecular flexibility index (Phi) is 3.89. The van der Waals surface area contributed by atoms with Crippen molar-refractivity contribution < 1.29 is 12.8 Å². The number of nitrogens with zero attached hydrogens (tertiary/aromatic N) is 3. The number of para-hydroxylation sites is 1. The quantitative estimate of drug-likeness (QED) is 0.530. The summed E-state index contributed by atoms with van der Waals surface area (Å²) in [5.41, 5.74) is 3.08. The topological polar surface area (TPSA) is 68.3 Å². The van der Waals surface area contributed by atoms with Gasteiger partial charge in [-0.2, -0.15) is 17.6 Å². The molecule has 0 aliphatic carbocycles. The van der Waals surface area contributed by atoms with Crippen LogP contribution >= 0.6 is 0 Å². The molecule has 0 radical (unpaired) electrons. The lowest BCUT2D eigenvalue weighted by Crippen LogP contribution is -2.24. The van der Waals surface area contributed by atoms with Crippen LogP contribution in [0.25, 0.3) is 27.4 Å². The van der Waals surface area contributed by atoms with Gasteiger partial charge in [0.25, 0.3) is 10.0 Å².